The van der Waals surface area contributed by atoms with Gasteiger partial charge in [0, 0.05) is 13.6 Å². The number of nitrogens with zero attached hydrogens (tertiary/aromatic N) is 1. The van der Waals surface area contributed by atoms with Gasteiger partial charge in [0.15, 0.2) is 0 Å². The second-order valence-corrected chi connectivity index (χ2v) is 3.24. The summed E-state index contributed by atoms with van der Waals surface area (Å²) in [5.41, 5.74) is 0.904. The van der Waals surface area contributed by atoms with Gasteiger partial charge in [0.1, 0.15) is 5.75 Å². The minimum atomic E-state index is -0.795. The molecule has 0 saturated heterocycles. The van der Waals surface area contributed by atoms with Crippen molar-refractivity contribution in [3.05, 3.63) is 24.3 Å². The topological polar surface area (TPSA) is 49.8 Å². The molecule has 0 radical (unpaired) electrons. The van der Waals surface area contributed by atoms with E-state index < -0.39 is 5.97 Å². The van der Waals surface area contributed by atoms with Crippen LogP contribution >= 0.6 is 0 Å². The maximum absolute atomic E-state index is 10.4. The van der Waals surface area contributed by atoms with E-state index in [4.69, 9.17) is 9.84 Å². The molecular weight excluding hydrogens is 194 g/mol. The van der Waals surface area contributed by atoms with Crippen LogP contribution in [0.3, 0.4) is 0 Å². The molecule has 0 saturated carbocycles. The molecule has 0 aromatic heterocycles. The van der Waals surface area contributed by atoms with E-state index in [2.05, 4.69) is 0 Å². The quantitative estimate of drug-likeness (QED) is 0.800. The molecule has 0 fully saturated rings. The molecular formula is C11H15NO3. The first-order valence-corrected chi connectivity index (χ1v) is 4.71. The van der Waals surface area contributed by atoms with E-state index in [1.807, 2.05) is 36.2 Å². The van der Waals surface area contributed by atoms with Crippen molar-refractivity contribution >= 4 is 11.7 Å². The van der Waals surface area contributed by atoms with Gasteiger partial charge in [-0.1, -0.05) is 12.1 Å². The van der Waals surface area contributed by atoms with Gasteiger partial charge in [-0.15, -0.1) is 0 Å². The van der Waals surface area contributed by atoms with Gasteiger partial charge < -0.3 is 14.7 Å². The summed E-state index contributed by atoms with van der Waals surface area (Å²) in [4.78, 5) is 12.3. The summed E-state index contributed by atoms with van der Waals surface area (Å²) < 4.78 is 5.18. The van der Waals surface area contributed by atoms with Crippen molar-refractivity contribution in [2.75, 3.05) is 25.6 Å². The van der Waals surface area contributed by atoms with Crippen LogP contribution in [0.4, 0.5) is 5.69 Å². The third-order valence-electron chi connectivity index (χ3n) is 2.16. The lowest BCUT2D eigenvalue weighted by molar-refractivity contribution is -0.136. The van der Waals surface area contributed by atoms with Crippen LogP contribution in [0, 0.1) is 0 Å². The Bertz CT molecular complexity index is 338. The SMILES string of the molecule is COc1ccccc1N(C)CCC(=O)O. The van der Waals surface area contributed by atoms with Crippen molar-refractivity contribution in [1.82, 2.24) is 0 Å². The van der Waals surface area contributed by atoms with Crippen molar-refractivity contribution < 1.29 is 14.6 Å². The summed E-state index contributed by atoms with van der Waals surface area (Å²) in [6, 6.07) is 7.54. The number of carboxylic acid groups (broad SMARTS) is 1. The first-order valence-electron chi connectivity index (χ1n) is 4.71. The maximum atomic E-state index is 10.4. The number of carboxylic acids is 1. The Labute approximate surface area is 89.1 Å². The van der Waals surface area contributed by atoms with Crippen LogP contribution in [0.5, 0.6) is 5.75 Å². The Morgan fingerprint density at radius 3 is 2.73 bits per heavy atom. The Balaban J connectivity index is 2.72. The van der Waals surface area contributed by atoms with Crippen LogP contribution in [0.25, 0.3) is 0 Å². The van der Waals surface area contributed by atoms with Crippen LogP contribution in [0.1, 0.15) is 6.42 Å². The highest BCUT2D eigenvalue weighted by Crippen LogP contribution is 2.26. The molecule has 1 N–H and O–H groups in total. The van der Waals surface area contributed by atoms with Gasteiger partial charge in [-0.05, 0) is 12.1 Å². The van der Waals surface area contributed by atoms with Crippen LogP contribution < -0.4 is 9.64 Å². The monoisotopic (exact) mass is 209 g/mol. The highest BCUT2D eigenvalue weighted by molar-refractivity contribution is 5.68. The second kappa shape index (κ2) is 5.24. The number of para-hydroxylation sites is 2. The smallest absolute Gasteiger partial charge is 0.305 e. The number of benzene rings is 1. The van der Waals surface area contributed by atoms with E-state index in [9.17, 15) is 4.79 Å². The summed E-state index contributed by atoms with van der Waals surface area (Å²) >= 11 is 0. The average Bonchev–Trinajstić information content (AvgIpc) is 2.25. The lowest BCUT2D eigenvalue weighted by Gasteiger charge is -2.20. The Kier molecular flexibility index (Phi) is 3.97. The standard InChI is InChI=1S/C11H15NO3/c1-12(8-7-11(13)14)9-5-3-4-6-10(9)15-2/h3-6H,7-8H2,1-2H3,(H,13,14). The molecule has 82 valence electrons. The van der Waals surface area contributed by atoms with Crippen molar-refractivity contribution in [2.24, 2.45) is 0 Å². The van der Waals surface area contributed by atoms with E-state index in [-0.39, 0.29) is 6.42 Å². The van der Waals surface area contributed by atoms with E-state index in [0.717, 1.165) is 11.4 Å². The van der Waals surface area contributed by atoms with E-state index in [0.29, 0.717) is 6.54 Å². The second-order valence-electron chi connectivity index (χ2n) is 3.24. The minimum absolute atomic E-state index is 0.120. The van der Waals surface area contributed by atoms with Crippen molar-refractivity contribution in [3.8, 4) is 5.75 Å². The molecule has 0 aliphatic rings. The highest BCUT2D eigenvalue weighted by atomic mass is 16.5. The zero-order valence-corrected chi connectivity index (χ0v) is 8.93. The summed E-state index contributed by atoms with van der Waals surface area (Å²) in [7, 11) is 3.45. The molecule has 0 spiro atoms. The predicted octanol–water partition coefficient (Wildman–Crippen LogP) is 1.61. The average molecular weight is 209 g/mol. The van der Waals surface area contributed by atoms with Crippen molar-refractivity contribution in [2.45, 2.75) is 6.42 Å². The lowest BCUT2D eigenvalue weighted by Crippen LogP contribution is -2.21. The number of ether oxygens (including phenoxy) is 1. The van der Waals surface area contributed by atoms with Gasteiger partial charge in [0.25, 0.3) is 0 Å². The Morgan fingerprint density at radius 1 is 1.47 bits per heavy atom. The van der Waals surface area contributed by atoms with Crippen molar-refractivity contribution in [3.63, 3.8) is 0 Å². The summed E-state index contributed by atoms with van der Waals surface area (Å²) in [6.45, 7) is 0.468. The van der Waals surface area contributed by atoms with Gasteiger partial charge in [-0.25, -0.2) is 0 Å². The zero-order valence-electron chi connectivity index (χ0n) is 8.93. The molecule has 1 aromatic carbocycles. The minimum Gasteiger partial charge on any atom is -0.495 e. The fourth-order valence-corrected chi connectivity index (χ4v) is 1.33. The molecule has 0 atom stereocenters. The predicted molar refractivity (Wildman–Crippen MR) is 58.5 cm³/mol. The molecule has 1 aromatic rings. The van der Waals surface area contributed by atoms with Gasteiger partial charge in [-0.2, -0.15) is 0 Å². The number of rotatable bonds is 5. The van der Waals surface area contributed by atoms with Gasteiger partial charge in [0.2, 0.25) is 0 Å². The molecule has 4 heteroatoms. The Morgan fingerprint density at radius 2 is 2.13 bits per heavy atom. The molecule has 0 amide bonds. The van der Waals surface area contributed by atoms with Crippen LogP contribution in [-0.4, -0.2) is 31.8 Å². The number of hydrogen-bond donors (Lipinski definition) is 1. The molecule has 0 aliphatic heterocycles. The summed E-state index contributed by atoms with van der Waals surface area (Å²) in [5.74, 6) is -0.0397. The molecule has 0 aliphatic carbocycles. The third-order valence-corrected chi connectivity index (χ3v) is 2.16. The summed E-state index contributed by atoms with van der Waals surface area (Å²) in [5, 5.41) is 8.58. The first-order chi connectivity index (χ1) is 7.15. The summed E-state index contributed by atoms with van der Waals surface area (Å²) in [6.07, 6.45) is 0.120. The first kappa shape index (κ1) is 11.4. The third kappa shape index (κ3) is 3.16. The number of hydrogen-bond acceptors (Lipinski definition) is 3. The largest absolute Gasteiger partial charge is 0.495 e. The Hall–Kier alpha value is -1.71. The van der Waals surface area contributed by atoms with E-state index >= 15 is 0 Å². The lowest BCUT2D eigenvalue weighted by atomic mass is 10.2. The molecule has 4 nitrogen and oxygen atoms in total. The molecule has 0 heterocycles. The number of methoxy groups -OCH3 is 1. The fraction of sp³-hybridized carbons (Fsp3) is 0.364. The normalized spacial score (nSPS) is 9.73. The van der Waals surface area contributed by atoms with E-state index in [1.54, 1.807) is 7.11 Å². The number of anilines is 1. The van der Waals surface area contributed by atoms with Gasteiger partial charge >= 0.3 is 5.97 Å². The molecule has 15 heavy (non-hydrogen) atoms. The fourth-order valence-electron chi connectivity index (χ4n) is 1.33. The van der Waals surface area contributed by atoms with Crippen LogP contribution in [0.2, 0.25) is 0 Å². The molecule has 1 rings (SSSR count). The van der Waals surface area contributed by atoms with Gasteiger partial charge in [0.05, 0.1) is 19.2 Å². The zero-order chi connectivity index (χ0) is 11.3. The number of carbonyl (C=O) groups is 1. The van der Waals surface area contributed by atoms with Crippen molar-refractivity contribution in [1.29, 1.82) is 0 Å². The molecule has 0 bridgehead atoms. The number of aliphatic carboxylic acids is 1. The van der Waals surface area contributed by atoms with E-state index in [1.165, 1.54) is 0 Å². The van der Waals surface area contributed by atoms with Crippen LogP contribution in [-0.2, 0) is 4.79 Å². The van der Waals surface area contributed by atoms with Gasteiger partial charge in [-0.3, -0.25) is 4.79 Å². The maximum Gasteiger partial charge on any atom is 0.305 e. The highest BCUT2D eigenvalue weighted by Gasteiger charge is 2.08. The molecule has 0 unspecified atom stereocenters. The van der Waals surface area contributed by atoms with Crippen LogP contribution in [0.15, 0.2) is 24.3 Å².